The van der Waals surface area contributed by atoms with Gasteiger partial charge in [-0.1, -0.05) is 19.1 Å². The van der Waals surface area contributed by atoms with Crippen LogP contribution in [0.5, 0.6) is 0 Å². The number of benzene rings is 1. The zero-order valence-corrected chi connectivity index (χ0v) is 11.6. The van der Waals surface area contributed by atoms with Crippen LogP contribution in [-0.2, 0) is 0 Å². The van der Waals surface area contributed by atoms with Gasteiger partial charge in [0, 0.05) is 10.3 Å². The summed E-state index contributed by atoms with van der Waals surface area (Å²) in [6.07, 6.45) is 1.81. The summed E-state index contributed by atoms with van der Waals surface area (Å²) in [5.74, 6) is 1.64. The average Bonchev–Trinajstić information content (AvgIpc) is 2.95. The van der Waals surface area contributed by atoms with Gasteiger partial charge in [0.25, 0.3) is 0 Å². The van der Waals surface area contributed by atoms with Gasteiger partial charge in [-0.3, -0.25) is 4.40 Å². The van der Waals surface area contributed by atoms with Crippen LogP contribution in [-0.4, -0.2) is 15.1 Å². The Morgan fingerprint density at radius 2 is 2.11 bits per heavy atom. The van der Waals surface area contributed by atoms with Gasteiger partial charge >= 0.3 is 0 Å². The van der Waals surface area contributed by atoms with Crippen molar-refractivity contribution < 1.29 is 0 Å². The summed E-state index contributed by atoms with van der Waals surface area (Å²) in [6.45, 7) is 2.16. The summed E-state index contributed by atoms with van der Waals surface area (Å²) in [4.78, 5) is 6.51. The number of nitrogens with two attached hydrogens (primary N) is 1. The molecular weight excluding hydrogens is 262 g/mol. The largest absolute Gasteiger partial charge is 0.369 e. The third kappa shape index (κ3) is 1.89. The molecule has 0 fully saturated rings. The van der Waals surface area contributed by atoms with Crippen molar-refractivity contribution in [3.63, 3.8) is 0 Å². The van der Waals surface area contributed by atoms with E-state index in [0.717, 1.165) is 16.3 Å². The van der Waals surface area contributed by atoms with E-state index in [9.17, 15) is 0 Å². The van der Waals surface area contributed by atoms with Crippen molar-refractivity contribution in [3.05, 3.63) is 35.8 Å². The molecule has 0 radical (unpaired) electrons. The van der Waals surface area contributed by atoms with Crippen LogP contribution in [0.15, 0.2) is 40.7 Å². The highest BCUT2D eigenvalue weighted by Gasteiger charge is 2.09. The fourth-order valence-corrected chi connectivity index (χ4v) is 3.48. The van der Waals surface area contributed by atoms with Crippen LogP contribution >= 0.6 is 23.1 Å². The van der Waals surface area contributed by atoms with Crippen LogP contribution in [0.2, 0.25) is 0 Å². The van der Waals surface area contributed by atoms with Crippen LogP contribution in [0, 0.1) is 0 Å². The van der Waals surface area contributed by atoms with Crippen LogP contribution in [0.4, 0.5) is 5.95 Å². The van der Waals surface area contributed by atoms with Crippen molar-refractivity contribution in [2.45, 2.75) is 11.8 Å². The smallest absolute Gasteiger partial charge is 0.206 e. The standard InChI is InChI=1S/C13H13N3S2/c1-2-17-10-5-3-9(4-6-10)11-8-18-12-7-15-13(14)16(11)12/h3-8H,2H2,1H3,(H2,14,15). The SMILES string of the molecule is CCSc1ccc(-c2csc3cnc(N)n23)cc1. The number of fused-ring (bicyclic) bond motifs is 1. The summed E-state index contributed by atoms with van der Waals surface area (Å²) >= 11 is 3.51. The van der Waals surface area contributed by atoms with Crippen molar-refractivity contribution in [2.24, 2.45) is 0 Å². The molecule has 0 spiro atoms. The van der Waals surface area contributed by atoms with E-state index in [1.807, 2.05) is 22.4 Å². The number of nitrogens with zero attached hydrogens (tertiary/aromatic N) is 2. The Balaban J connectivity index is 2.05. The Morgan fingerprint density at radius 1 is 1.33 bits per heavy atom. The number of thioether (sulfide) groups is 1. The van der Waals surface area contributed by atoms with E-state index in [2.05, 4.69) is 41.6 Å². The quantitative estimate of drug-likeness (QED) is 0.740. The molecule has 0 aliphatic heterocycles. The fourth-order valence-electron chi connectivity index (χ4n) is 1.93. The minimum atomic E-state index is 0.549. The van der Waals surface area contributed by atoms with Crippen molar-refractivity contribution in [2.75, 3.05) is 11.5 Å². The molecule has 0 unspecified atom stereocenters. The van der Waals surface area contributed by atoms with Gasteiger partial charge in [-0.15, -0.1) is 23.1 Å². The molecule has 0 aliphatic carbocycles. The predicted octanol–water partition coefficient (Wildman–Crippen LogP) is 3.76. The van der Waals surface area contributed by atoms with Gasteiger partial charge in [-0.25, -0.2) is 4.98 Å². The molecule has 0 saturated carbocycles. The van der Waals surface area contributed by atoms with Crippen molar-refractivity contribution in [1.29, 1.82) is 0 Å². The number of hydrogen-bond donors (Lipinski definition) is 1. The molecule has 2 aromatic heterocycles. The number of hydrogen-bond acceptors (Lipinski definition) is 4. The van der Waals surface area contributed by atoms with E-state index in [0.29, 0.717) is 5.95 Å². The third-order valence-electron chi connectivity index (χ3n) is 2.75. The molecule has 5 heteroatoms. The molecule has 3 rings (SSSR count). The molecular formula is C13H13N3S2. The van der Waals surface area contributed by atoms with Crippen molar-refractivity contribution >= 4 is 33.9 Å². The van der Waals surface area contributed by atoms with Crippen molar-refractivity contribution in [3.8, 4) is 11.3 Å². The van der Waals surface area contributed by atoms with Crippen molar-refractivity contribution in [1.82, 2.24) is 9.38 Å². The summed E-state index contributed by atoms with van der Waals surface area (Å²) in [5.41, 5.74) is 8.17. The summed E-state index contributed by atoms with van der Waals surface area (Å²) in [6, 6.07) is 8.58. The van der Waals surface area contributed by atoms with E-state index in [4.69, 9.17) is 5.73 Å². The molecule has 2 N–H and O–H groups in total. The maximum absolute atomic E-state index is 5.89. The molecule has 18 heavy (non-hydrogen) atoms. The average molecular weight is 275 g/mol. The number of thiazole rings is 1. The Morgan fingerprint density at radius 3 is 2.83 bits per heavy atom. The van der Waals surface area contributed by atoms with E-state index in [1.54, 1.807) is 11.3 Å². The number of rotatable bonds is 3. The van der Waals surface area contributed by atoms with Crippen LogP contribution in [0.1, 0.15) is 6.92 Å². The van der Waals surface area contributed by atoms with Crippen LogP contribution in [0.3, 0.4) is 0 Å². The lowest BCUT2D eigenvalue weighted by molar-refractivity contribution is 1.20. The molecule has 0 atom stereocenters. The zero-order valence-electron chi connectivity index (χ0n) is 9.96. The topological polar surface area (TPSA) is 43.3 Å². The summed E-state index contributed by atoms with van der Waals surface area (Å²) in [5, 5.41) is 2.12. The van der Waals surface area contributed by atoms with E-state index in [-0.39, 0.29) is 0 Å². The lowest BCUT2D eigenvalue weighted by atomic mass is 10.2. The maximum atomic E-state index is 5.89. The van der Waals surface area contributed by atoms with E-state index < -0.39 is 0 Å². The molecule has 3 aromatic rings. The van der Waals surface area contributed by atoms with Gasteiger partial charge in [-0.2, -0.15) is 0 Å². The van der Waals surface area contributed by atoms with Gasteiger partial charge in [0.1, 0.15) is 4.83 Å². The molecule has 0 saturated heterocycles. The van der Waals surface area contributed by atoms with Gasteiger partial charge < -0.3 is 5.73 Å². The molecule has 2 heterocycles. The van der Waals surface area contributed by atoms with Gasteiger partial charge in [0.15, 0.2) is 0 Å². The van der Waals surface area contributed by atoms with Gasteiger partial charge in [0.2, 0.25) is 5.95 Å². The molecule has 0 aliphatic rings. The highest BCUT2D eigenvalue weighted by atomic mass is 32.2. The Bertz CT molecular complexity index is 667. The van der Waals surface area contributed by atoms with Gasteiger partial charge in [0.05, 0.1) is 11.9 Å². The minimum Gasteiger partial charge on any atom is -0.369 e. The first-order valence-electron chi connectivity index (χ1n) is 5.73. The number of aromatic nitrogens is 2. The van der Waals surface area contributed by atoms with Crippen LogP contribution < -0.4 is 5.73 Å². The maximum Gasteiger partial charge on any atom is 0.206 e. The first kappa shape index (κ1) is 11.6. The highest BCUT2D eigenvalue weighted by Crippen LogP contribution is 2.29. The Labute approximate surface area is 114 Å². The van der Waals surface area contributed by atoms with E-state index in [1.165, 1.54) is 10.5 Å². The highest BCUT2D eigenvalue weighted by molar-refractivity contribution is 7.99. The number of nitrogen functional groups attached to an aromatic ring is 1. The predicted molar refractivity (Wildman–Crippen MR) is 79.3 cm³/mol. The summed E-state index contributed by atoms with van der Waals surface area (Å²) < 4.78 is 1.99. The molecule has 1 aromatic carbocycles. The third-order valence-corrected chi connectivity index (χ3v) is 4.51. The second kappa shape index (κ2) is 4.66. The first-order chi connectivity index (χ1) is 8.79. The fraction of sp³-hybridized carbons (Fsp3) is 0.154. The minimum absolute atomic E-state index is 0.549. The molecule has 0 amide bonds. The monoisotopic (exact) mass is 275 g/mol. The van der Waals surface area contributed by atoms with Crippen LogP contribution in [0.25, 0.3) is 16.1 Å². The molecule has 3 nitrogen and oxygen atoms in total. The van der Waals surface area contributed by atoms with Gasteiger partial charge in [-0.05, 0) is 23.4 Å². The Hall–Kier alpha value is -1.46. The van der Waals surface area contributed by atoms with E-state index >= 15 is 0 Å². The second-order valence-electron chi connectivity index (χ2n) is 3.87. The number of imidazole rings is 1. The zero-order chi connectivity index (χ0) is 12.5. The summed E-state index contributed by atoms with van der Waals surface area (Å²) in [7, 11) is 0. The Kier molecular flexibility index (Phi) is 3.01. The molecule has 0 bridgehead atoms. The number of anilines is 1. The lowest BCUT2D eigenvalue weighted by Gasteiger charge is -2.03. The second-order valence-corrected chi connectivity index (χ2v) is 6.10. The first-order valence-corrected chi connectivity index (χ1v) is 7.60. The normalized spacial score (nSPS) is 11.2. The lowest BCUT2D eigenvalue weighted by Crippen LogP contribution is -1.94. The molecule has 92 valence electrons.